The Morgan fingerprint density at radius 3 is 2.79 bits per heavy atom. The summed E-state index contributed by atoms with van der Waals surface area (Å²) in [5.74, 6) is -0.321. The molecule has 0 radical (unpaired) electrons. The van der Waals surface area contributed by atoms with Gasteiger partial charge in [-0.2, -0.15) is 5.10 Å². The molecule has 0 unspecified atom stereocenters. The Morgan fingerprint density at radius 1 is 1.31 bits per heavy atom. The molecule has 1 amide bonds. The summed E-state index contributed by atoms with van der Waals surface area (Å²) in [6, 6.07) is 1.57. The molecule has 1 aliphatic rings. The van der Waals surface area contributed by atoms with Crippen LogP contribution in [-0.4, -0.2) is 33.8 Å². The SMILES string of the molecule is CCn1ncc2scc(Nc3cc(NC(=O)C4CC4)ncc3C(=O)OC)c2c1=O. The summed E-state index contributed by atoms with van der Waals surface area (Å²) in [7, 11) is 1.28. The van der Waals surface area contributed by atoms with E-state index in [0.29, 0.717) is 29.1 Å². The van der Waals surface area contributed by atoms with Gasteiger partial charge in [-0.25, -0.2) is 14.5 Å². The number of fused-ring (bicyclic) bond motifs is 1. The highest BCUT2D eigenvalue weighted by atomic mass is 32.1. The maximum atomic E-state index is 12.7. The molecule has 0 atom stereocenters. The Balaban J connectivity index is 1.74. The molecule has 0 aromatic carbocycles. The van der Waals surface area contributed by atoms with Crippen LogP contribution in [0.1, 0.15) is 30.1 Å². The number of anilines is 3. The Morgan fingerprint density at radius 2 is 2.10 bits per heavy atom. The normalized spacial score (nSPS) is 13.3. The predicted octanol–water partition coefficient (Wildman–Crippen LogP) is 2.75. The van der Waals surface area contributed by atoms with Crippen LogP contribution in [0.2, 0.25) is 0 Å². The number of esters is 1. The van der Waals surface area contributed by atoms with E-state index < -0.39 is 5.97 Å². The van der Waals surface area contributed by atoms with Crippen LogP contribution in [0.5, 0.6) is 0 Å². The van der Waals surface area contributed by atoms with Crippen molar-refractivity contribution in [1.29, 1.82) is 0 Å². The summed E-state index contributed by atoms with van der Waals surface area (Å²) in [4.78, 5) is 41.1. The van der Waals surface area contributed by atoms with Crippen molar-refractivity contribution in [1.82, 2.24) is 14.8 Å². The second-order valence-electron chi connectivity index (χ2n) is 6.65. The lowest BCUT2D eigenvalue weighted by molar-refractivity contribution is -0.117. The van der Waals surface area contributed by atoms with Crippen LogP contribution in [0.25, 0.3) is 10.1 Å². The number of aryl methyl sites for hydroxylation is 1. The van der Waals surface area contributed by atoms with Gasteiger partial charge in [-0.1, -0.05) is 0 Å². The minimum Gasteiger partial charge on any atom is -0.465 e. The zero-order valence-electron chi connectivity index (χ0n) is 15.9. The number of hydrogen-bond acceptors (Lipinski definition) is 8. The van der Waals surface area contributed by atoms with Gasteiger partial charge in [0.25, 0.3) is 5.56 Å². The molecule has 2 N–H and O–H groups in total. The van der Waals surface area contributed by atoms with Gasteiger partial charge in [-0.15, -0.1) is 11.3 Å². The molecule has 4 rings (SSSR count). The van der Waals surface area contributed by atoms with Crippen molar-refractivity contribution in [3.63, 3.8) is 0 Å². The fourth-order valence-electron chi connectivity index (χ4n) is 2.93. The van der Waals surface area contributed by atoms with Crippen molar-refractivity contribution in [2.75, 3.05) is 17.7 Å². The van der Waals surface area contributed by atoms with E-state index in [-0.39, 0.29) is 22.9 Å². The zero-order valence-corrected chi connectivity index (χ0v) is 16.7. The van der Waals surface area contributed by atoms with Crippen LogP contribution in [0, 0.1) is 5.92 Å². The molecule has 0 bridgehead atoms. The topological polar surface area (TPSA) is 115 Å². The van der Waals surface area contributed by atoms with Gasteiger partial charge in [-0.05, 0) is 19.8 Å². The number of amides is 1. The molecule has 3 aromatic heterocycles. The second-order valence-corrected chi connectivity index (χ2v) is 7.56. The number of aromatic nitrogens is 3. The summed E-state index contributed by atoms with van der Waals surface area (Å²) in [5, 5.41) is 12.3. The maximum absolute atomic E-state index is 12.7. The Hall–Kier alpha value is -3.27. The molecule has 3 heterocycles. The largest absolute Gasteiger partial charge is 0.465 e. The number of hydrogen-bond donors (Lipinski definition) is 2. The van der Waals surface area contributed by atoms with E-state index in [2.05, 4.69) is 20.7 Å². The number of methoxy groups -OCH3 is 1. The van der Waals surface area contributed by atoms with Crippen LogP contribution in [-0.2, 0) is 16.1 Å². The second kappa shape index (κ2) is 7.63. The third-order valence-electron chi connectivity index (χ3n) is 4.66. The summed E-state index contributed by atoms with van der Waals surface area (Å²) >= 11 is 1.37. The molecule has 0 aliphatic heterocycles. The number of carbonyl (C=O) groups excluding carboxylic acids is 2. The minimum atomic E-state index is -0.577. The number of ether oxygens (including phenoxy) is 1. The number of pyridine rings is 1. The smallest absolute Gasteiger partial charge is 0.341 e. The number of nitrogens with one attached hydrogen (secondary N) is 2. The lowest BCUT2D eigenvalue weighted by atomic mass is 10.2. The molecule has 0 saturated heterocycles. The lowest BCUT2D eigenvalue weighted by Gasteiger charge is -2.12. The van der Waals surface area contributed by atoms with E-state index in [0.717, 1.165) is 17.5 Å². The van der Waals surface area contributed by atoms with E-state index in [9.17, 15) is 14.4 Å². The fraction of sp³-hybridized carbons (Fsp3) is 0.316. The van der Waals surface area contributed by atoms with E-state index >= 15 is 0 Å². The summed E-state index contributed by atoms with van der Waals surface area (Å²) in [6.07, 6.45) is 4.73. The zero-order chi connectivity index (χ0) is 20.5. The van der Waals surface area contributed by atoms with Gasteiger partial charge < -0.3 is 15.4 Å². The summed E-state index contributed by atoms with van der Waals surface area (Å²) in [5.41, 5.74) is 0.915. The lowest BCUT2D eigenvalue weighted by Crippen LogP contribution is -2.21. The minimum absolute atomic E-state index is 0.0225. The van der Waals surface area contributed by atoms with Gasteiger partial charge in [-0.3, -0.25) is 9.59 Å². The molecule has 9 nitrogen and oxygen atoms in total. The Labute approximate surface area is 169 Å². The highest BCUT2D eigenvalue weighted by molar-refractivity contribution is 7.17. The van der Waals surface area contributed by atoms with Gasteiger partial charge in [0.05, 0.1) is 34.8 Å². The third kappa shape index (κ3) is 3.70. The van der Waals surface area contributed by atoms with E-state index in [1.54, 1.807) is 17.6 Å². The van der Waals surface area contributed by atoms with Crippen molar-refractivity contribution >= 4 is 50.5 Å². The Kier molecular flexibility index (Phi) is 5.01. The summed E-state index contributed by atoms with van der Waals surface area (Å²) < 4.78 is 6.94. The molecule has 29 heavy (non-hydrogen) atoms. The quantitative estimate of drug-likeness (QED) is 0.597. The van der Waals surface area contributed by atoms with Crippen molar-refractivity contribution in [3.8, 4) is 0 Å². The third-order valence-corrected chi connectivity index (χ3v) is 5.58. The first-order valence-electron chi connectivity index (χ1n) is 9.15. The number of nitrogens with zero attached hydrogens (tertiary/aromatic N) is 3. The van der Waals surface area contributed by atoms with Gasteiger partial charge in [0.15, 0.2) is 0 Å². The first-order chi connectivity index (χ1) is 14.0. The molecule has 3 aromatic rings. The van der Waals surface area contributed by atoms with Crippen molar-refractivity contribution in [2.24, 2.45) is 5.92 Å². The van der Waals surface area contributed by atoms with Gasteiger partial charge in [0, 0.05) is 30.1 Å². The van der Waals surface area contributed by atoms with Crippen molar-refractivity contribution in [2.45, 2.75) is 26.3 Å². The van der Waals surface area contributed by atoms with E-state index in [4.69, 9.17) is 4.74 Å². The van der Waals surface area contributed by atoms with Crippen molar-refractivity contribution < 1.29 is 14.3 Å². The first kappa shape index (κ1) is 19.1. The highest BCUT2D eigenvalue weighted by Gasteiger charge is 2.30. The molecule has 150 valence electrons. The predicted molar refractivity (Wildman–Crippen MR) is 110 cm³/mol. The average molecular weight is 413 g/mol. The molecule has 10 heteroatoms. The molecular formula is C19H19N5O4S. The van der Waals surface area contributed by atoms with Gasteiger partial charge in [0.1, 0.15) is 11.4 Å². The van der Waals surface area contributed by atoms with Crippen LogP contribution in [0.4, 0.5) is 17.2 Å². The number of carbonyl (C=O) groups is 2. The van der Waals surface area contributed by atoms with E-state index in [1.165, 1.54) is 29.3 Å². The van der Waals surface area contributed by atoms with E-state index in [1.807, 2.05) is 6.92 Å². The molecule has 1 aliphatic carbocycles. The number of rotatable bonds is 6. The fourth-order valence-corrected chi connectivity index (χ4v) is 3.77. The monoisotopic (exact) mass is 413 g/mol. The van der Waals surface area contributed by atoms with Crippen LogP contribution in [0.3, 0.4) is 0 Å². The average Bonchev–Trinajstić information content (AvgIpc) is 3.50. The van der Waals surface area contributed by atoms with Gasteiger partial charge >= 0.3 is 5.97 Å². The summed E-state index contributed by atoms with van der Waals surface area (Å²) in [6.45, 7) is 2.29. The number of thiophene rings is 1. The van der Waals surface area contributed by atoms with Crippen LogP contribution in [0.15, 0.2) is 28.6 Å². The van der Waals surface area contributed by atoms with Crippen molar-refractivity contribution in [3.05, 3.63) is 39.8 Å². The first-order valence-corrected chi connectivity index (χ1v) is 10.0. The maximum Gasteiger partial charge on any atom is 0.341 e. The standard InChI is InChI=1S/C19H19N5O4S/c1-3-24-18(26)16-13(9-29-14(16)8-21-24)22-12-6-15(23-17(25)10-4-5-10)20-7-11(12)19(27)28-2/h6-10H,3-5H2,1-2H3,(H2,20,22,23,25). The van der Waals surface area contributed by atoms with Gasteiger partial charge in [0.2, 0.25) is 5.91 Å². The molecule has 0 spiro atoms. The Bertz CT molecular complexity index is 1170. The molecule has 1 fully saturated rings. The van der Waals surface area contributed by atoms with Crippen LogP contribution < -0.4 is 16.2 Å². The highest BCUT2D eigenvalue weighted by Crippen LogP contribution is 2.33. The van der Waals surface area contributed by atoms with Crippen LogP contribution >= 0.6 is 11.3 Å². The molecule has 1 saturated carbocycles. The molecular weight excluding hydrogens is 394 g/mol.